The van der Waals surface area contributed by atoms with Crippen LogP contribution >= 0.6 is 0 Å². The standard InChI is InChI=1S/C18H29NO/c1-4-7-14-8-6-9-16(10-14)18(19-3)13-15-11-17(12-15)20-5-2/h6,8-10,15,17-19H,4-5,7,11-13H2,1-3H3. The zero-order chi connectivity index (χ0) is 14.4. The molecule has 1 saturated carbocycles. The Morgan fingerprint density at radius 1 is 1.30 bits per heavy atom. The van der Waals surface area contributed by atoms with Crippen LogP contribution in [0.3, 0.4) is 0 Å². The molecule has 1 atom stereocenters. The van der Waals surface area contributed by atoms with E-state index in [1.807, 2.05) is 0 Å². The maximum atomic E-state index is 5.66. The van der Waals surface area contributed by atoms with Crippen LogP contribution in [0.4, 0.5) is 0 Å². The fourth-order valence-electron chi connectivity index (χ4n) is 3.25. The number of benzene rings is 1. The van der Waals surface area contributed by atoms with Crippen molar-refractivity contribution < 1.29 is 4.74 Å². The Labute approximate surface area is 123 Å². The van der Waals surface area contributed by atoms with Gasteiger partial charge in [0, 0.05) is 12.6 Å². The van der Waals surface area contributed by atoms with Crippen molar-refractivity contribution in [3.8, 4) is 0 Å². The topological polar surface area (TPSA) is 21.3 Å². The molecule has 1 unspecified atom stereocenters. The molecule has 0 aromatic heterocycles. The van der Waals surface area contributed by atoms with Crippen molar-refractivity contribution in [2.45, 2.75) is 58.1 Å². The smallest absolute Gasteiger partial charge is 0.0580 e. The predicted octanol–water partition coefficient (Wildman–Crippen LogP) is 4.10. The Morgan fingerprint density at radius 2 is 2.10 bits per heavy atom. The third-order valence-electron chi connectivity index (χ3n) is 4.40. The molecule has 0 radical (unpaired) electrons. The average Bonchev–Trinajstić information content (AvgIpc) is 2.42. The maximum Gasteiger partial charge on any atom is 0.0580 e. The summed E-state index contributed by atoms with van der Waals surface area (Å²) in [6, 6.07) is 9.57. The molecule has 20 heavy (non-hydrogen) atoms. The molecule has 0 aliphatic heterocycles. The lowest BCUT2D eigenvalue weighted by Gasteiger charge is -2.37. The second-order valence-electron chi connectivity index (χ2n) is 5.99. The molecule has 0 amide bonds. The van der Waals surface area contributed by atoms with Gasteiger partial charge in [-0.1, -0.05) is 37.6 Å². The van der Waals surface area contributed by atoms with Gasteiger partial charge in [-0.25, -0.2) is 0 Å². The molecule has 1 N–H and O–H groups in total. The van der Waals surface area contributed by atoms with Crippen LogP contribution in [0.15, 0.2) is 24.3 Å². The van der Waals surface area contributed by atoms with Gasteiger partial charge < -0.3 is 10.1 Å². The van der Waals surface area contributed by atoms with E-state index >= 15 is 0 Å². The largest absolute Gasteiger partial charge is 0.378 e. The molecule has 1 aliphatic carbocycles. The molecule has 2 rings (SSSR count). The highest BCUT2D eigenvalue weighted by Crippen LogP contribution is 2.37. The lowest BCUT2D eigenvalue weighted by Crippen LogP contribution is -2.34. The summed E-state index contributed by atoms with van der Waals surface area (Å²) < 4.78 is 5.66. The van der Waals surface area contributed by atoms with Gasteiger partial charge in [0.15, 0.2) is 0 Å². The van der Waals surface area contributed by atoms with Crippen molar-refractivity contribution in [3.63, 3.8) is 0 Å². The normalized spacial score (nSPS) is 23.4. The third kappa shape index (κ3) is 4.07. The van der Waals surface area contributed by atoms with Gasteiger partial charge in [0.25, 0.3) is 0 Å². The Hall–Kier alpha value is -0.860. The van der Waals surface area contributed by atoms with Gasteiger partial charge in [0.05, 0.1) is 6.10 Å². The predicted molar refractivity (Wildman–Crippen MR) is 85.0 cm³/mol. The van der Waals surface area contributed by atoms with Gasteiger partial charge in [-0.05, 0) is 56.7 Å². The fourth-order valence-corrected chi connectivity index (χ4v) is 3.25. The minimum atomic E-state index is 0.486. The summed E-state index contributed by atoms with van der Waals surface area (Å²) in [5.74, 6) is 0.818. The quantitative estimate of drug-likeness (QED) is 0.771. The van der Waals surface area contributed by atoms with Crippen molar-refractivity contribution in [2.75, 3.05) is 13.7 Å². The van der Waals surface area contributed by atoms with Crippen LogP contribution in [0.1, 0.15) is 56.7 Å². The first kappa shape index (κ1) is 15.5. The summed E-state index contributed by atoms with van der Waals surface area (Å²) >= 11 is 0. The van der Waals surface area contributed by atoms with Gasteiger partial charge in [-0.15, -0.1) is 0 Å². The molecule has 1 aromatic rings. The first-order chi connectivity index (χ1) is 9.76. The van der Waals surface area contributed by atoms with E-state index in [0.717, 1.165) is 12.5 Å². The zero-order valence-corrected chi connectivity index (χ0v) is 13.2. The average molecular weight is 275 g/mol. The SMILES string of the molecule is CCCc1cccc(C(CC2CC(OCC)C2)NC)c1. The van der Waals surface area contributed by atoms with Crippen LogP contribution < -0.4 is 5.32 Å². The van der Waals surface area contributed by atoms with Gasteiger partial charge in [-0.3, -0.25) is 0 Å². The summed E-state index contributed by atoms with van der Waals surface area (Å²) in [4.78, 5) is 0. The van der Waals surface area contributed by atoms with Crippen molar-refractivity contribution in [2.24, 2.45) is 5.92 Å². The van der Waals surface area contributed by atoms with E-state index in [0.29, 0.717) is 12.1 Å². The molecule has 2 nitrogen and oxygen atoms in total. The van der Waals surface area contributed by atoms with Crippen LogP contribution in [0.5, 0.6) is 0 Å². The van der Waals surface area contributed by atoms with Gasteiger partial charge >= 0.3 is 0 Å². The first-order valence-corrected chi connectivity index (χ1v) is 8.14. The van der Waals surface area contributed by atoms with Crippen molar-refractivity contribution in [1.29, 1.82) is 0 Å². The second-order valence-corrected chi connectivity index (χ2v) is 5.99. The fraction of sp³-hybridized carbons (Fsp3) is 0.667. The number of hydrogen-bond acceptors (Lipinski definition) is 2. The van der Waals surface area contributed by atoms with Gasteiger partial charge in [0.1, 0.15) is 0 Å². The molecule has 112 valence electrons. The third-order valence-corrected chi connectivity index (χ3v) is 4.40. The molecule has 0 saturated heterocycles. The highest BCUT2D eigenvalue weighted by molar-refractivity contribution is 5.26. The van der Waals surface area contributed by atoms with Gasteiger partial charge in [-0.2, -0.15) is 0 Å². The molecule has 2 heteroatoms. The van der Waals surface area contributed by atoms with E-state index in [1.165, 1.54) is 43.2 Å². The lowest BCUT2D eigenvalue weighted by molar-refractivity contribution is -0.0289. The van der Waals surface area contributed by atoms with Crippen LogP contribution in [-0.2, 0) is 11.2 Å². The van der Waals surface area contributed by atoms with E-state index in [1.54, 1.807) is 0 Å². The minimum absolute atomic E-state index is 0.486. The summed E-state index contributed by atoms with van der Waals surface area (Å²) in [5.41, 5.74) is 2.91. The van der Waals surface area contributed by atoms with E-state index in [-0.39, 0.29) is 0 Å². The Kier molecular flexibility index (Phi) is 6.06. The van der Waals surface area contributed by atoms with E-state index < -0.39 is 0 Å². The van der Waals surface area contributed by atoms with E-state index in [2.05, 4.69) is 50.5 Å². The zero-order valence-electron chi connectivity index (χ0n) is 13.2. The van der Waals surface area contributed by atoms with Gasteiger partial charge in [0.2, 0.25) is 0 Å². The van der Waals surface area contributed by atoms with Crippen molar-refractivity contribution in [3.05, 3.63) is 35.4 Å². The monoisotopic (exact) mass is 275 g/mol. The number of nitrogens with one attached hydrogen (secondary N) is 1. The first-order valence-electron chi connectivity index (χ1n) is 8.14. The highest BCUT2D eigenvalue weighted by atomic mass is 16.5. The second kappa shape index (κ2) is 7.80. The summed E-state index contributed by atoms with van der Waals surface area (Å²) in [7, 11) is 2.08. The lowest BCUT2D eigenvalue weighted by atomic mass is 9.77. The summed E-state index contributed by atoms with van der Waals surface area (Å²) in [5, 5.41) is 3.49. The summed E-state index contributed by atoms with van der Waals surface area (Å²) in [6.07, 6.45) is 6.62. The minimum Gasteiger partial charge on any atom is -0.378 e. The molecule has 1 fully saturated rings. The van der Waals surface area contributed by atoms with Crippen molar-refractivity contribution in [1.82, 2.24) is 5.32 Å². The molecular formula is C18H29NO. The molecule has 0 spiro atoms. The van der Waals surface area contributed by atoms with Crippen LogP contribution in [-0.4, -0.2) is 19.8 Å². The van der Waals surface area contributed by atoms with E-state index in [9.17, 15) is 0 Å². The maximum absolute atomic E-state index is 5.66. The molecule has 1 aromatic carbocycles. The molecule has 1 aliphatic rings. The molecule has 0 heterocycles. The number of aryl methyl sites for hydroxylation is 1. The number of rotatable bonds is 8. The molecule has 0 bridgehead atoms. The van der Waals surface area contributed by atoms with Crippen molar-refractivity contribution >= 4 is 0 Å². The highest BCUT2D eigenvalue weighted by Gasteiger charge is 2.31. The number of ether oxygens (including phenoxy) is 1. The van der Waals surface area contributed by atoms with Crippen LogP contribution in [0.25, 0.3) is 0 Å². The van der Waals surface area contributed by atoms with Crippen LogP contribution in [0.2, 0.25) is 0 Å². The van der Waals surface area contributed by atoms with E-state index in [4.69, 9.17) is 4.74 Å². The summed E-state index contributed by atoms with van der Waals surface area (Å²) in [6.45, 7) is 5.18. The Balaban J connectivity index is 1.90. The number of hydrogen-bond donors (Lipinski definition) is 1. The Morgan fingerprint density at radius 3 is 2.75 bits per heavy atom. The van der Waals surface area contributed by atoms with Crippen LogP contribution in [0, 0.1) is 5.92 Å². The Bertz CT molecular complexity index is 398. The molecular weight excluding hydrogens is 246 g/mol.